The zero-order chi connectivity index (χ0) is 12.6. The Labute approximate surface area is 102 Å². The summed E-state index contributed by atoms with van der Waals surface area (Å²) in [4.78, 5) is 8.96. The summed E-state index contributed by atoms with van der Waals surface area (Å²) in [5.74, 6) is 0.601. The van der Waals surface area contributed by atoms with Crippen molar-refractivity contribution in [2.24, 2.45) is 0 Å². The van der Waals surface area contributed by atoms with E-state index in [-0.39, 0.29) is 5.41 Å². The quantitative estimate of drug-likeness (QED) is 0.754. The van der Waals surface area contributed by atoms with Crippen molar-refractivity contribution < 1.29 is 4.74 Å². The first kappa shape index (κ1) is 11.8. The average Bonchev–Trinajstić information content (AvgIpc) is 2.26. The first-order chi connectivity index (χ1) is 7.91. The molecule has 3 nitrogen and oxygen atoms in total. The molecule has 1 aromatic carbocycles. The number of aromatic nitrogens is 2. The lowest BCUT2D eigenvalue weighted by molar-refractivity contribution is 0.394. The van der Waals surface area contributed by atoms with Crippen molar-refractivity contribution in [3.05, 3.63) is 29.5 Å². The van der Waals surface area contributed by atoms with Gasteiger partial charge in [0.1, 0.15) is 5.69 Å². The molecule has 2 aromatic rings. The van der Waals surface area contributed by atoms with E-state index in [1.165, 1.54) is 5.56 Å². The van der Waals surface area contributed by atoms with E-state index in [9.17, 15) is 0 Å². The van der Waals surface area contributed by atoms with Crippen LogP contribution in [0.3, 0.4) is 0 Å². The third-order valence-electron chi connectivity index (χ3n) is 2.85. The topological polar surface area (TPSA) is 35.0 Å². The molecule has 17 heavy (non-hydrogen) atoms. The Morgan fingerprint density at radius 2 is 1.76 bits per heavy atom. The molecule has 0 amide bonds. The van der Waals surface area contributed by atoms with Crippen LogP contribution in [0.25, 0.3) is 11.0 Å². The molecule has 0 unspecified atom stereocenters. The molecule has 0 fully saturated rings. The maximum Gasteiger partial charge on any atom is 0.235 e. The maximum atomic E-state index is 5.20. The minimum Gasteiger partial charge on any atom is -0.480 e. The number of methoxy groups -OCH3 is 1. The summed E-state index contributed by atoms with van der Waals surface area (Å²) in [5.41, 5.74) is 4.00. The Hall–Kier alpha value is -1.64. The van der Waals surface area contributed by atoms with Gasteiger partial charge in [-0.15, -0.1) is 0 Å². The van der Waals surface area contributed by atoms with Gasteiger partial charge in [0.05, 0.1) is 18.1 Å². The molecular weight excluding hydrogens is 212 g/mol. The summed E-state index contributed by atoms with van der Waals surface area (Å²) in [6.45, 7) is 8.47. The first-order valence-electron chi connectivity index (χ1n) is 5.74. The van der Waals surface area contributed by atoms with Crippen molar-refractivity contribution in [1.82, 2.24) is 9.97 Å². The highest BCUT2D eigenvalue weighted by Gasteiger charge is 2.15. The number of ether oxygens (including phenoxy) is 1. The second kappa shape index (κ2) is 3.99. The van der Waals surface area contributed by atoms with Gasteiger partial charge in [0.2, 0.25) is 5.88 Å². The van der Waals surface area contributed by atoms with Gasteiger partial charge in [0.25, 0.3) is 0 Å². The fourth-order valence-corrected chi connectivity index (χ4v) is 1.79. The highest BCUT2D eigenvalue weighted by Crippen LogP contribution is 2.26. The molecule has 2 rings (SSSR count). The molecule has 0 atom stereocenters. The summed E-state index contributed by atoms with van der Waals surface area (Å²) in [7, 11) is 1.62. The van der Waals surface area contributed by atoms with Crippen LogP contribution in [0.4, 0.5) is 0 Å². The van der Waals surface area contributed by atoms with Crippen LogP contribution in [0.15, 0.2) is 18.2 Å². The molecule has 0 aliphatic rings. The van der Waals surface area contributed by atoms with E-state index >= 15 is 0 Å². The van der Waals surface area contributed by atoms with Gasteiger partial charge in [0, 0.05) is 0 Å². The molecule has 90 valence electrons. The molecule has 0 radical (unpaired) electrons. The van der Waals surface area contributed by atoms with Gasteiger partial charge in [-0.05, 0) is 30.0 Å². The van der Waals surface area contributed by atoms with E-state index < -0.39 is 0 Å². The van der Waals surface area contributed by atoms with E-state index in [1.807, 2.05) is 13.0 Å². The molecule has 0 aliphatic heterocycles. The van der Waals surface area contributed by atoms with E-state index in [2.05, 4.69) is 42.9 Å². The summed E-state index contributed by atoms with van der Waals surface area (Å²) >= 11 is 0. The van der Waals surface area contributed by atoms with Crippen LogP contribution in [0, 0.1) is 6.92 Å². The van der Waals surface area contributed by atoms with E-state index in [1.54, 1.807) is 7.11 Å². The van der Waals surface area contributed by atoms with Crippen molar-refractivity contribution in [3.63, 3.8) is 0 Å². The smallest absolute Gasteiger partial charge is 0.235 e. The van der Waals surface area contributed by atoms with Crippen molar-refractivity contribution >= 4 is 11.0 Å². The number of fused-ring (bicyclic) bond motifs is 1. The predicted molar refractivity (Wildman–Crippen MR) is 69.5 cm³/mol. The Kier molecular flexibility index (Phi) is 2.77. The highest BCUT2D eigenvalue weighted by atomic mass is 16.5. The lowest BCUT2D eigenvalue weighted by Gasteiger charge is -2.19. The summed E-state index contributed by atoms with van der Waals surface area (Å²) < 4.78 is 5.20. The number of benzene rings is 1. The number of hydrogen-bond donors (Lipinski definition) is 0. The van der Waals surface area contributed by atoms with Crippen LogP contribution < -0.4 is 4.74 Å². The van der Waals surface area contributed by atoms with Crippen LogP contribution in [0.5, 0.6) is 5.88 Å². The summed E-state index contributed by atoms with van der Waals surface area (Å²) in [6.07, 6.45) is 0. The zero-order valence-electron chi connectivity index (χ0n) is 11.0. The fourth-order valence-electron chi connectivity index (χ4n) is 1.79. The number of nitrogens with zero attached hydrogens (tertiary/aromatic N) is 2. The third kappa shape index (κ3) is 2.23. The zero-order valence-corrected chi connectivity index (χ0v) is 11.0. The number of aryl methyl sites for hydroxylation is 1. The first-order valence-corrected chi connectivity index (χ1v) is 5.74. The van der Waals surface area contributed by atoms with Gasteiger partial charge in [-0.2, -0.15) is 0 Å². The van der Waals surface area contributed by atoms with Crippen molar-refractivity contribution in [2.45, 2.75) is 33.1 Å². The van der Waals surface area contributed by atoms with Gasteiger partial charge in [-0.25, -0.2) is 9.97 Å². The highest BCUT2D eigenvalue weighted by molar-refractivity contribution is 5.76. The third-order valence-corrected chi connectivity index (χ3v) is 2.85. The van der Waals surface area contributed by atoms with E-state index in [0.29, 0.717) is 5.88 Å². The van der Waals surface area contributed by atoms with Gasteiger partial charge < -0.3 is 4.74 Å². The molecule has 0 N–H and O–H groups in total. The largest absolute Gasteiger partial charge is 0.480 e. The molecular formula is C14H18N2O. The molecule has 1 aromatic heterocycles. The summed E-state index contributed by atoms with van der Waals surface area (Å²) in [6, 6.07) is 6.22. The van der Waals surface area contributed by atoms with Gasteiger partial charge in [-0.1, -0.05) is 26.8 Å². The minimum atomic E-state index is 0.119. The van der Waals surface area contributed by atoms with Crippen LogP contribution in [0.1, 0.15) is 32.0 Å². The average molecular weight is 230 g/mol. The van der Waals surface area contributed by atoms with Crippen LogP contribution >= 0.6 is 0 Å². The second-order valence-electron chi connectivity index (χ2n) is 5.27. The Balaban J connectivity index is 2.65. The minimum absolute atomic E-state index is 0.119. The van der Waals surface area contributed by atoms with E-state index in [0.717, 1.165) is 16.7 Å². The molecule has 0 saturated carbocycles. The van der Waals surface area contributed by atoms with Gasteiger partial charge in [0.15, 0.2) is 0 Å². The SMILES string of the molecule is COc1nc2cc(C(C)(C)C)ccc2nc1C. The summed E-state index contributed by atoms with van der Waals surface area (Å²) in [5, 5.41) is 0. The molecule has 0 spiro atoms. The lowest BCUT2D eigenvalue weighted by atomic mass is 9.87. The monoisotopic (exact) mass is 230 g/mol. The molecule has 0 saturated heterocycles. The molecule has 3 heteroatoms. The Bertz CT molecular complexity index is 556. The van der Waals surface area contributed by atoms with Crippen molar-refractivity contribution in [1.29, 1.82) is 0 Å². The Morgan fingerprint density at radius 1 is 1.06 bits per heavy atom. The molecule has 0 aliphatic carbocycles. The number of rotatable bonds is 1. The molecule has 0 bridgehead atoms. The second-order valence-corrected chi connectivity index (χ2v) is 5.27. The maximum absolute atomic E-state index is 5.20. The normalized spacial score (nSPS) is 11.8. The number of hydrogen-bond acceptors (Lipinski definition) is 3. The van der Waals surface area contributed by atoms with Gasteiger partial charge >= 0.3 is 0 Å². The van der Waals surface area contributed by atoms with Crippen LogP contribution in [-0.4, -0.2) is 17.1 Å². The van der Waals surface area contributed by atoms with Crippen molar-refractivity contribution in [3.8, 4) is 5.88 Å². The molecule has 1 heterocycles. The van der Waals surface area contributed by atoms with Gasteiger partial charge in [-0.3, -0.25) is 0 Å². The lowest BCUT2D eigenvalue weighted by Crippen LogP contribution is -2.11. The Morgan fingerprint density at radius 3 is 2.35 bits per heavy atom. The van der Waals surface area contributed by atoms with Crippen molar-refractivity contribution in [2.75, 3.05) is 7.11 Å². The van der Waals surface area contributed by atoms with E-state index in [4.69, 9.17) is 4.74 Å². The standard InChI is InChI=1S/C14H18N2O/c1-9-13(17-5)16-12-8-10(14(2,3)4)6-7-11(12)15-9/h6-8H,1-5H3. The fraction of sp³-hybridized carbons (Fsp3) is 0.429. The van der Waals surface area contributed by atoms with Crippen LogP contribution in [-0.2, 0) is 5.41 Å². The van der Waals surface area contributed by atoms with Crippen LogP contribution in [0.2, 0.25) is 0 Å². The predicted octanol–water partition coefficient (Wildman–Crippen LogP) is 3.24.